The SMILES string of the molecule is OC(Cc1ccccc1)Nc1nccs1. The third-order valence-corrected chi connectivity index (χ3v) is 2.70. The van der Waals surface area contributed by atoms with Gasteiger partial charge in [-0.15, -0.1) is 11.3 Å². The molecule has 2 N–H and O–H groups in total. The third-order valence-electron chi connectivity index (χ3n) is 1.99. The number of hydrogen-bond donors (Lipinski definition) is 2. The van der Waals surface area contributed by atoms with Crippen LogP contribution in [0, 0.1) is 0 Å². The number of aromatic nitrogens is 1. The fourth-order valence-electron chi connectivity index (χ4n) is 1.33. The molecule has 0 bridgehead atoms. The van der Waals surface area contributed by atoms with Gasteiger partial charge >= 0.3 is 0 Å². The quantitative estimate of drug-likeness (QED) is 0.776. The van der Waals surface area contributed by atoms with Gasteiger partial charge in [0.15, 0.2) is 5.13 Å². The van der Waals surface area contributed by atoms with Gasteiger partial charge in [-0.1, -0.05) is 30.3 Å². The number of hydrogen-bond acceptors (Lipinski definition) is 4. The molecule has 0 radical (unpaired) electrons. The van der Waals surface area contributed by atoms with Crippen molar-refractivity contribution in [3.63, 3.8) is 0 Å². The lowest BCUT2D eigenvalue weighted by molar-refractivity contribution is 0.204. The summed E-state index contributed by atoms with van der Waals surface area (Å²) in [5.74, 6) is 0. The third kappa shape index (κ3) is 3.04. The summed E-state index contributed by atoms with van der Waals surface area (Å²) in [6.45, 7) is 0. The molecule has 0 spiro atoms. The summed E-state index contributed by atoms with van der Waals surface area (Å²) in [5.41, 5.74) is 1.11. The highest BCUT2D eigenvalue weighted by atomic mass is 32.1. The van der Waals surface area contributed by atoms with E-state index in [-0.39, 0.29) is 0 Å². The van der Waals surface area contributed by atoms with E-state index >= 15 is 0 Å². The van der Waals surface area contributed by atoms with Crippen molar-refractivity contribution in [2.24, 2.45) is 0 Å². The molecule has 3 nitrogen and oxygen atoms in total. The highest BCUT2D eigenvalue weighted by Crippen LogP contribution is 2.12. The molecule has 1 unspecified atom stereocenters. The predicted molar refractivity (Wildman–Crippen MR) is 61.9 cm³/mol. The van der Waals surface area contributed by atoms with Crippen LogP contribution in [-0.4, -0.2) is 16.3 Å². The minimum atomic E-state index is -0.585. The van der Waals surface area contributed by atoms with Crippen molar-refractivity contribution in [3.8, 4) is 0 Å². The molecule has 15 heavy (non-hydrogen) atoms. The Hall–Kier alpha value is -1.39. The van der Waals surface area contributed by atoms with Crippen molar-refractivity contribution in [1.29, 1.82) is 0 Å². The van der Waals surface area contributed by atoms with Crippen molar-refractivity contribution in [1.82, 2.24) is 4.98 Å². The maximum atomic E-state index is 9.73. The Labute approximate surface area is 92.4 Å². The average molecular weight is 220 g/mol. The molecule has 0 aliphatic carbocycles. The van der Waals surface area contributed by atoms with E-state index in [2.05, 4.69) is 10.3 Å². The van der Waals surface area contributed by atoms with Gasteiger partial charge in [0.2, 0.25) is 0 Å². The second-order valence-corrected chi connectivity index (χ2v) is 4.08. The molecule has 1 atom stereocenters. The molecule has 0 aliphatic rings. The lowest BCUT2D eigenvalue weighted by Gasteiger charge is -2.11. The first kappa shape index (κ1) is 10.1. The van der Waals surface area contributed by atoms with Crippen LogP contribution in [0.3, 0.4) is 0 Å². The van der Waals surface area contributed by atoms with Gasteiger partial charge in [0.1, 0.15) is 6.23 Å². The summed E-state index contributed by atoms with van der Waals surface area (Å²) in [5, 5.41) is 15.3. The molecule has 0 saturated carbocycles. The second kappa shape index (κ2) is 4.91. The number of aliphatic hydroxyl groups is 1. The summed E-state index contributed by atoms with van der Waals surface area (Å²) in [4.78, 5) is 4.05. The summed E-state index contributed by atoms with van der Waals surface area (Å²) < 4.78 is 0. The van der Waals surface area contributed by atoms with Gasteiger partial charge in [-0.2, -0.15) is 0 Å². The summed E-state index contributed by atoms with van der Waals surface area (Å²) in [6.07, 6.45) is 1.71. The molecule has 78 valence electrons. The fraction of sp³-hybridized carbons (Fsp3) is 0.182. The van der Waals surface area contributed by atoms with Crippen molar-refractivity contribution < 1.29 is 5.11 Å². The van der Waals surface area contributed by atoms with Crippen LogP contribution >= 0.6 is 11.3 Å². The molecule has 0 aliphatic heterocycles. The summed E-state index contributed by atoms with van der Waals surface area (Å²) in [7, 11) is 0. The largest absolute Gasteiger partial charge is 0.373 e. The Morgan fingerprint density at radius 1 is 1.33 bits per heavy atom. The van der Waals surface area contributed by atoms with E-state index in [9.17, 15) is 5.11 Å². The van der Waals surface area contributed by atoms with Crippen LogP contribution in [0.2, 0.25) is 0 Å². The maximum absolute atomic E-state index is 9.73. The topological polar surface area (TPSA) is 45.1 Å². The monoisotopic (exact) mass is 220 g/mol. The standard InChI is InChI=1S/C11H12N2OS/c14-10(13-11-12-6-7-15-11)8-9-4-2-1-3-5-9/h1-7,10,14H,8H2,(H,12,13). The fourth-order valence-corrected chi connectivity index (χ4v) is 1.90. The summed E-state index contributed by atoms with van der Waals surface area (Å²) >= 11 is 1.48. The van der Waals surface area contributed by atoms with Crippen LogP contribution in [0.5, 0.6) is 0 Å². The van der Waals surface area contributed by atoms with E-state index in [0.29, 0.717) is 6.42 Å². The number of anilines is 1. The van der Waals surface area contributed by atoms with Gasteiger partial charge in [-0.3, -0.25) is 0 Å². The zero-order valence-corrected chi connectivity index (χ0v) is 8.95. The molecular formula is C11H12N2OS. The second-order valence-electron chi connectivity index (χ2n) is 3.19. The molecule has 0 amide bonds. The Balaban J connectivity index is 1.90. The van der Waals surface area contributed by atoms with Gasteiger partial charge in [-0.05, 0) is 5.56 Å². The molecule has 4 heteroatoms. The van der Waals surface area contributed by atoms with Crippen molar-refractivity contribution in [2.75, 3.05) is 5.32 Å². The number of benzene rings is 1. The van der Waals surface area contributed by atoms with Gasteiger partial charge in [0, 0.05) is 18.0 Å². The molecule has 2 aromatic rings. The van der Waals surface area contributed by atoms with E-state index in [1.54, 1.807) is 6.20 Å². The zero-order valence-electron chi connectivity index (χ0n) is 8.13. The Bertz CT molecular complexity index is 388. The normalized spacial score (nSPS) is 12.3. The van der Waals surface area contributed by atoms with Gasteiger partial charge in [0.05, 0.1) is 0 Å². The highest BCUT2D eigenvalue weighted by molar-refractivity contribution is 7.13. The number of aliphatic hydroxyl groups excluding tert-OH is 1. The Kier molecular flexibility index (Phi) is 3.32. The maximum Gasteiger partial charge on any atom is 0.184 e. The van der Waals surface area contributed by atoms with E-state index in [0.717, 1.165) is 10.7 Å². The van der Waals surface area contributed by atoms with Crippen LogP contribution in [-0.2, 0) is 6.42 Å². The molecule has 0 saturated heterocycles. The first-order valence-corrected chi connectivity index (χ1v) is 5.60. The number of nitrogens with zero attached hydrogens (tertiary/aromatic N) is 1. The van der Waals surface area contributed by atoms with E-state index in [1.165, 1.54) is 11.3 Å². The Morgan fingerprint density at radius 3 is 2.80 bits per heavy atom. The van der Waals surface area contributed by atoms with E-state index in [1.807, 2.05) is 35.7 Å². The van der Waals surface area contributed by atoms with Crippen LogP contribution in [0.4, 0.5) is 5.13 Å². The number of rotatable bonds is 4. The van der Waals surface area contributed by atoms with Crippen molar-refractivity contribution in [3.05, 3.63) is 47.5 Å². The van der Waals surface area contributed by atoms with Crippen LogP contribution < -0.4 is 5.32 Å². The predicted octanol–water partition coefficient (Wildman–Crippen LogP) is 2.12. The molecular weight excluding hydrogens is 208 g/mol. The highest BCUT2D eigenvalue weighted by Gasteiger charge is 2.05. The molecule has 2 rings (SSSR count). The minimum absolute atomic E-state index is 0.584. The minimum Gasteiger partial charge on any atom is -0.373 e. The van der Waals surface area contributed by atoms with Crippen molar-refractivity contribution in [2.45, 2.75) is 12.6 Å². The summed E-state index contributed by atoms with van der Waals surface area (Å²) in [6, 6.07) is 9.88. The van der Waals surface area contributed by atoms with E-state index < -0.39 is 6.23 Å². The van der Waals surface area contributed by atoms with Gasteiger partial charge in [-0.25, -0.2) is 4.98 Å². The number of thiazole rings is 1. The van der Waals surface area contributed by atoms with Gasteiger partial charge in [0.25, 0.3) is 0 Å². The van der Waals surface area contributed by atoms with Crippen LogP contribution in [0.15, 0.2) is 41.9 Å². The van der Waals surface area contributed by atoms with Crippen LogP contribution in [0.1, 0.15) is 5.56 Å². The zero-order chi connectivity index (χ0) is 10.5. The van der Waals surface area contributed by atoms with Crippen molar-refractivity contribution >= 4 is 16.5 Å². The lowest BCUT2D eigenvalue weighted by Crippen LogP contribution is -2.21. The average Bonchev–Trinajstić information content (AvgIpc) is 2.71. The molecule has 0 fully saturated rings. The first-order chi connectivity index (χ1) is 7.34. The first-order valence-electron chi connectivity index (χ1n) is 4.72. The number of nitrogens with one attached hydrogen (secondary N) is 1. The smallest absolute Gasteiger partial charge is 0.184 e. The van der Waals surface area contributed by atoms with Gasteiger partial charge < -0.3 is 10.4 Å². The molecule has 1 aromatic heterocycles. The lowest BCUT2D eigenvalue weighted by atomic mass is 10.1. The van der Waals surface area contributed by atoms with E-state index in [4.69, 9.17) is 0 Å². The molecule has 1 aromatic carbocycles. The molecule has 1 heterocycles. The Morgan fingerprint density at radius 2 is 2.13 bits per heavy atom. The van der Waals surface area contributed by atoms with Crippen LogP contribution in [0.25, 0.3) is 0 Å².